The number of nitrogens with zero attached hydrogens (tertiary/aromatic N) is 3. The first-order chi connectivity index (χ1) is 14.5. The Labute approximate surface area is 174 Å². The van der Waals surface area contributed by atoms with Gasteiger partial charge in [0.2, 0.25) is 11.8 Å². The molecule has 3 aromatic rings. The Balaban J connectivity index is 1.53. The SMILES string of the molecule is CCOC(=O)c1ccc(NC(=O)CSc2nnc(-c3ccc([N+](=O)[O-])cc3)o2)cc1. The van der Waals surface area contributed by atoms with Crippen molar-refractivity contribution in [2.45, 2.75) is 12.1 Å². The van der Waals surface area contributed by atoms with Gasteiger partial charge in [-0.1, -0.05) is 11.8 Å². The molecule has 0 spiro atoms. The van der Waals surface area contributed by atoms with Crippen LogP contribution < -0.4 is 5.32 Å². The van der Waals surface area contributed by atoms with Crippen LogP contribution in [0.3, 0.4) is 0 Å². The number of carbonyl (C=O) groups is 2. The van der Waals surface area contributed by atoms with Crippen molar-refractivity contribution >= 4 is 35.0 Å². The molecule has 1 N–H and O–H groups in total. The maximum Gasteiger partial charge on any atom is 0.338 e. The number of esters is 1. The second kappa shape index (κ2) is 9.65. The number of anilines is 1. The molecular weight excluding hydrogens is 412 g/mol. The molecule has 0 bridgehead atoms. The van der Waals surface area contributed by atoms with Gasteiger partial charge < -0.3 is 14.5 Å². The van der Waals surface area contributed by atoms with Crippen molar-refractivity contribution in [1.29, 1.82) is 0 Å². The number of hydrogen-bond acceptors (Lipinski definition) is 9. The highest BCUT2D eigenvalue weighted by molar-refractivity contribution is 7.99. The molecule has 0 aliphatic carbocycles. The summed E-state index contributed by atoms with van der Waals surface area (Å²) >= 11 is 1.05. The summed E-state index contributed by atoms with van der Waals surface area (Å²) in [6, 6.07) is 12.0. The second-order valence-electron chi connectivity index (χ2n) is 5.81. The number of amides is 1. The standard InChI is InChI=1S/C19H16N4O6S/c1-2-28-18(25)13-3-7-14(8-4-13)20-16(24)11-30-19-22-21-17(29-19)12-5-9-15(10-6-12)23(26)27/h3-10H,2,11H2,1H3,(H,20,24). The number of ether oxygens (including phenoxy) is 1. The minimum Gasteiger partial charge on any atom is -0.462 e. The van der Waals surface area contributed by atoms with Gasteiger partial charge in [0, 0.05) is 23.4 Å². The first kappa shape index (κ1) is 21.0. The van der Waals surface area contributed by atoms with Crippen molar-refractivity contribution in [2.24, 2.45) is 0 Å². The van der Waals surface area contributed by atoms with Gasteiger partial charge in [-0.05, 0) is 43.3 Å². The van der Waals surface area contributed by atoms with Crippen molar-refractivity contribution in [2.75, 3.05) is 17.7 Å². The van der Waals surface area contributed by atoms with E-state index in [9.17, 15) is 19.7 Å². The second-order valence-corrected chi connectivity index (χ2v) is 6.74. The molecule has 0 saturated heterocycles. The van der Waals surface area contributed by atoms with E-state index in [4.69, 9.17) is 9.15 Å². The maximum atomic E-state index is 12.1. The van der Waals surface area contributed by atoms with Gasteiger partial charge in [0.1, 0.15) is 0 Å². The number of aromatic nitrogens is 2. The third-order valence-electron chi connectivity index (χ3n) is 3.74. The Morgan fingerprint density at radius 3 is 2.47 bits per heavy atom. The Bertz CT molecular complexity index is 1050. The Morgan fingerprint density at radius 2 is 1.83 bits per heavy atom. The van der Waals surface area contributed by atoms with Gasteiger partial charge in [-0.2, -0.15) is 0 Å². The van der Waals surface area contributed by atoms with E-state index in [-0.39, 0.29) is 35.1 Å². The average Bonchev–Trinajstić information content (AvgIpc) is 3.22. The number of nitro groups is 1. The molecular formula is C19H16N4O6S. The molecule has 0 atom stereocenters. The number of carbonyl (C=O) groups excluding carboxylic acids is 2. The molecule has 0 fully saturated rings. The van der Waals surface area contributed by atoms with E-state index < -0.39 is 10.9 Å². The number of nitrogens with one attached hydrogen (secondary N) is 1. The average molecular weight is 428 g/mol. The predicted octanol–water partition coefficient (Wildman–Crippen LogP) is 3.55. The molecule has 2 aromatic carbocycles. The first-order valence-electron chi connectivity index (χ1n) is 8.74. The number of hydrogen-bond donors (Lipinski definition) is 1. The van der Waals surface area contributed by atoms with E-state index in [0.29, 0.717) is 16.8 Å². The Kier molecular flexibility index (Phi) is 6.75. The topological polar surface area (TPSA) is 137 Å². The lowest BCUT2D eigenvalue weighted by molar-refractivity contribution is -0.384. The van der Waals surface area contributed by atoms with Gasteiger partial charge in [0.05, 0.1) is 22.8 Å². The van der Waals surface area contributed by atoms with Crippen molar-refractivity contribution < 1.29 is 23.7 Å². The van der Waals surface area contributed by atoms with Crippen LogP contribution in [0.4, 0.5) is 11.4 Å². The molecule has 0 saturated carbocycles. The van der Waals surface area contributed by atoms with E-state index in [2.05, 4.69) is 15.5 Å². The summed E-state index contributed by atoms with van der Waals surface area (Å²) in [5.41, 5.74) is 1.42. The predicted molar refractivity (Wildman–Crippen MR) is 108 cm³/mol. The Hall–Kier alpha value is -3.73. The van der Waals surface area contributed by atoms with Crippen LogP contribution in [-0.4, -0.2) is 39.4 Å². The molecule has 11 heteroatoms. The van der Waals surface area contributed by atoms with Gasteiger partial charge in [-0.3, -0.25) is 14.9 Å². The zero-order valence-electron chi connectivity index (χ0n) is 15.7. The van der Waals surface area contributed by atoms with E-state index in [1.54, 1.807) is 31.2 Å². The smallest absolute Gasteiger partial charge is 0.338 e. The quantitative estimate of drug-likeness (QED) is 0.247. The van der Waals surface area contributed by atoms with Crippen LogP contribution in [-0.2, 0) is 9.53 Å². The van der Waals surface area contributed by atoms with Crippen molar-refractivity contribution in [3.63, 3.8) is 0 Å². The molecule has 1 amide bonds. The minimum absolute atomic E-state index is 0.0293. The fourth-order valence-electron chi connectivity index (χ4n) is 2.34. The highest BCUT2D eigenvalue weighted by atomic mass is 32.2. The molecule has 1 heterocycles. The van der Waals surface area contributed by atoms with Gasteiger partial charge in [0.15, 0.2) is 0 Å². The summed E-state index contributed by atoms with van der Waals surface area (Å²) in [6.07, 6.45) is 0. The largest absolute Gasteiger partial charge is 0.462 e. The summed E-state index contributed by atoms with van der Waals surface area (Å²) in [5.74, 6) is -0.492. The van der Waals surface area contributed by atoms with Crippen LogP contribution in [0, 0.1) is 10.1 Å². The lowest BCUT2D eigenvalue weighted by Gasteiger charge is -2.05. The number of rotatable bonds is 8. The summed E-state index contributed by atoms with van der Waals surface area (Å²) in [6.45, 7) is 2.01. The van der Waals surface area contributed by atoms with Crippen molar-refractivity contribution in [3.05, 3.63) is 64.2 Å². The minimum atomic E-state index is -0.498. The summed E-state index contributed by atoms with van der Waals surface area (Å²) in [4.78, 5) is 33.9. The molecule has 1 aromatic heterocycles. The van der Waals surface area contributed by atoms with E-state index in [1.807, 2.05) is 0 Å². The highest BCUT2D eigenvalue weighted by Gasteiger charge is 2.13. The number of non-ortho nitro benzene ring substituents is 1. The fourth-order valence-corrected chi connectivity index (χ4v) is 2.90. The molecule has 0 radical (unpaired) electrons. The van der Waals surface area contributed by atoms with Gasteiger partial charge in [-0.25, -0.2) is 4.79 Å². The van der Waals surface area contributed by atoms with E-state index >= 15 is 0 Å². The molecule has 0 unspecified atom stereocenters. The molecule has 154 valence electrons. The monoisotopic (exact) mass is 428 g/mol. The van der Waals surface area contributed by atoms with Crippen LogP contribution in [0.1, 0.15) is 17.3 Å². The zero-order valence-corrected chi connectivity index (χ0v) is 16.5. The number of thioether (sulfide) groups is 1. The maximum absolute atomic E-state index is 12.1. The van der Waals surface area contributed by atoms with Gasteiger partial charge in [0.25, 0.3) is 10.9 Å². The third kappa shape index (κ3) is 5.41. The van der Waals surface area contributed by atoms with Crippen LogP contribution in [0.2, 0.25) is 0 Å². The lowest BCUT2D eigenvalue weighted by Crippen LogP contribution is -2.14. The van der Waals surface area contributed by atoms with Crippen molar-refractivity contribution in [3.8, 4) is 11.5 Å². The number of nitro benzene ring substituents is 1. The first-order valence-corrected chi connectivity index (χ1v) is 9.73. The molecule has 30 heavy (non-hydrogen) atoms. The van der Waals surface area contributed by atoms with Crippen LogP contribution in [0.15, 0.2) is 58.2 Å². The Morgan fingerprint density at radius 1 is 1.13 bits per heavy atom. The van der Waals surface area contributed by atoms with Gasteiger partial charge in [-0.15, -0.1) is 10.2 Å². The lowest BCUT2D eigenvalue weighted by atomic mass is 10.2. The zero-order chi connectivity index (χ0) is 21.5. The normalized spacial score (nSPS) is 10.4. The molecule has 0 aliphatic heterocycles. The van der Waals surface area contributed by atoms with Crippen molar-refractivity contribution in [1.82, 2.24) is 10.2 Å². The highest BCUT2D eigenvalue weighted by Crippen LogP contribution is 2.25. The van der Waals surface area contributed by atoms with Crippen LogP contribution in [0.5, 0.6) is 0 Å². The number of benzene rings is 2. The van der Waals surface area contributed by atoms with Gasteiger partial charge >= 0.3 is 5.97 Å². The molecule has 3 rings (SSSR count). The van der Waals surface area contributed by atoms with E-state index in [0.717, 1.165) is 11.8 Å². The van der Waals surface area contributed by atoms with Crippen LogP contribution in [0.25, 0.3) is 11.5 Å². The fraction of sp³-hybridized carbons (Fsp3) is 0.158. The summed E-state index contributed by atoms with van der Waals surface area (Å²) in [5, 5.41) is 21.3. The third-order valence-corrected chi connectivity index (χ3v) is 4.56. The van der Waals surface area contributed by atoms with Crippen LogP contribution >= 0.6 is 11.8 Å². The van der Waals surface area contributed by atoms with E-state index in [1.165, 1.54) is 24.3 Å². The molecule has 10 nitrogen and oxygen atoms in total. The summed E-state index contributed by atoms with van der Waals surface area (Å²) in [7, 11) is 0. The molecule has 0 aliphatic rings. The summed E-state index contributed by atoms with van der Waals surface area (Å²) < 4.78 is 10.4.